The fourth-order valence-electron chi connectivity index (χ4n) is 2.30. The molecule has 2 aromatic carbocycles. The number of alkyl halides is 1. The SMILES string of the molecule is C=C[C@@H](OC(=O)c1ccccc1)[C@H](OCc1ccccc1)[C@@H](F)C=NO. The zero-order chi connectivity index (χ0) is 18.8. The highest BCUT2D eigenvalue weighted by Gasteiger charge is 2.31. The third kappa shape index (κ3) is 5.53. The summed E-state index contributed by atoms with van der Waals surface area (Å²) in [7, 11) is 0. The van der Waals surface area contributed by atoms with Crippen LogP contribution in [0.3, 0.4) is 0 Å². The van der Waals surface area contributed by atoms with E-state index < -0.39 is 24.3 Å². The lowest BCUT2D eigenvalue weighted by Crippen LogP contribution is -2.40. The molecular weight excluding hydrogens is 337 g/mol. The highest BCUT2D eigenvalue weighted by atomic mass is 19.1. The summed E-state index contributed by atoms with van der Waals surface area (Å²) >= 11 is 0. The first-order valence-electron chi connectivity index (χ1n) is 8.01. The summed E-state index contributed by atoms with van der Waals surface area (Å²) in [4.78, 5) is 12.2. The van der Waals surface area contributed by atoms with E-state index in [0.717, 1.165) is 5.56 Å². The molecule has 26 heavy (non-hydrogen) atoms. The van der Waals surface area contributed by atoms with E-state index >= 15 is 0 Å². The monoisotopic (exact) mass is 357 g/mol. The van der Waals surface area contributed by atoms with Crippen LogP contribution in [-0.2, 0) is 16.1 Å². The van der Waals surface area contributed by atoms with Crippen molar-refractivity contribution in [1.29, 1.82) is 0 Å². The van der Waals surface area contributed by atoms with Crippen LogP contribution < -0.4 is 0 Å². The smallest absolute Gasteiger partial charge is 0.338 e. The Morgan fingerprint density at radius 3 is 2.35 bits per heavy atom. The van der Waals surface area contributed by atoms with E-state index in [0.29, 0.717) is 11.8 Å². The van der Waals surface area contributed by atoms with Gasteiger partial charge in [0.1, 0.15) is 12.2 Å². The first-order chi connectivity index (χ1) is 12.7. The molecule has 0 heterocycles. The average Bonchev–Trinajstić information content (AvgIpc) is 2.68. The molecule has 2 rings (SSSR count). The maximum Gasteiger partial charge on any atom is 0.338 e. The van der Waals surface area contributed by atoms with Gasteiger partial charge in [-0.2, -0.15) is 0 Å². The Labute approximate surface area is 151 Å². The van der Waals surface area contributed by atoms with Crippen LogP contribution in [0.25, 0.3) is 0 Å². The van der Waals surface area contributed by atoms with Gasteiger partial charge in [-0.25, -0.2) is 9.18 Å². The Morgan fingerprint density at radius 2 is 1.77 bits per heavy atom. The van der Waals surface area contributed by atoms with E-state index in [2.05, 4.69) is 11.7 Å². The van der Waals surface area contributed by atoms with Gasteiger partial charge in [0, 0.05) is 0 Å². The van der Waals surface area contributed by atoms with Crippen LogP contribution in [0.4, 0.5) is 4.39 Å². The average molecular weight is 357 g/mol. The second-order valence-electron chi connectivity index (χ2n) is 5.44. The molecular formula is C20H20FNO4. The maximum absolute atomic E-state index is 14.4. The van der Waals surface area contributed by atoms with Gasteiger partial charge in [-0.15, -0.1) is 0 Å². The summed E-state index contributed by atoms with van der Waals surface area (Å²) in [6.45, 7) is 3.69. The maximum atomic E-state index is 14.4. The summed E-state index contributed by atoms with van der Waals surface area (Å²) in [6.07, 6.45) is -2.11. The molecule has 5 nitrogen and oxygen atoms in total. The number of oxime groups is 1. The summed E-state index contributed by atoms with van der Waals surface area (Å²) in [5, 5.41) is 11.3. The van der Waals surface area contributed by atoms with Crippen LogP contribution in [0, 0.1) is 0 Å². The zero-order valence-corrected chi connectivity index (χ0v) is 14.1. The van der Waals surface area contributed by atoms with Crippen LogP contribution in [0.5, 0.6) is 0 Å². The molecule has 136 valence electrons. The second kappa shape index (κ2) is 10.1. The normalized spacial score (nSPS) is 14.5. The van der Waals surface area contributed by atoms with Crippen LogP contribution in [0.2, 0.25) is 0 Å². The van der Waals surface area contributed by atoms with Gasteiger partial charge in [0.05, 0.1) is 18.4 Å². The fraction of sp³-hybridized carbons (Fsp3) is 0.200. The molecule has 0 saturated heterocycles. The van der Waals surface area contributed by atoms with Crippen molar-refractivity contribution in [1.82, 2.24) is 0 Å². The van der Waals surface area contributed by atoms with Crippen molar-refractivity contribution in [2.24, 2.45) is 5.16 Å². The van der Waals surface area contributed by atoms with Crippen molar-refractivity contribution < 1.29 is 23.9 Å². The number of carbonyl (C=O) groups excluding carboxylic acids is 1. The van der Waals surface area contributed by atoms with E-state index in [1.165, 1.54) is 6.08 Å². The Hall–Kier alpha value is -2.99. The fourth-order valence-corrected chi connectivity index (χ4v) is 2.30. The highest BCUT2D eigenvalue weighted by molar-refractivity contribution is 5.89. The lowest BCUT2D eigenvalue weighted by atomic mass is 10.1. The quantitative estimate of drug-likeness (QED) is 0.244. The predicted octanol–water partition coefficient (Wildman–Crippen LogP) is 3.78. The second-order valence-corrected chi connectivity index (χ2v) is 5.44. The summed E-state index contributed by atoms with van der Waals surface area (Å²) in [5.74, 6) is -0.628. The minimum Gasteiger partial charge on any atom is -0.452 e. The number of nitrogens with zero attached hydrogens (tertiary/aromatic N) is 1. The summed E-state index contributed by atoms with van der Waals surface area (Å²) in [6, 6.07) is 17.5. The summed E-state index contributed by atoms with van der Waals surface area (Å²) < 4.78 is 25.3. The molecule has 0 bridgehead atoms. The molecule has 0 spiro atoms. The zero-order valence-electron chi connectivity index (χ0n) is 14.1. The third-order valence-corrected chi connectivity index (χ3v) is 3.62. The van der Waals surface area contributed by atoms with E-state index in [1.54, 1.807) is 30.3 Å². The number of ether oxygens (including phenoxy) is 2. The van der Waals surface area contributed by atoms with Crippen LogP contribution in [0.15, 0.2) is 78.5 Å². The predicted molar refractivity (Wildman–Crippen MR) is 96.0 cm³/mol. The molecule has 0 fully saturated rings. The molecule has 0 aliphatic heterocycles. The first kappa shape index (κ1) is 19.3. The molecule has 0 radical (unpaired) electrons. The van der Waals surface area contributed by atoms with Gasteiger partial charge in [0.15, 0.2) is 6.17 Å². The van der Waals surface area contributed by atoms with Gasteiger partial charge in [0.2, 0.25) is 0 Å². The minimum absolute atomic E-state index is 0.0957. The van der Waals surface area contributed by atoms with E-state index in [-0.39, 0.29) is 6.61 Å². The third-order valence-electron chi connectivity index (χ3n) is 3.62. The van der Waals surface area contributed by atoms with Crippen molar-refractivity contribution in [2.45, 2.75) is 25.0 Å². The number of hydrogen-bond donors (Lipinski definition) is 1. The summed E-state index contributed by atoms with van der Waals surface area (Å²) in [5.41, 5.74) is 1.15. The topological polar surface area (TPSA) is 68.1 Å². The lowest BCUT2D eigenvalue weighted by molar-refractivity contribution is -0.0616. The van der Waals surface area contributed by atoms with Gasteiger partial charge in [-0.05, 0) is 23.8 Å². The van der Waals surface area contributed by atoms with Crippen molar-refractivity contribution in [3.8, 4) is 0 Å². The van der Waals surface area contributed by atoms with Gasteiger partial charge in [-0.1, -0.05) is 60.3 Å². The Bertz CT molecular complexity index is 721. The molecule has 2 aromatic rings. The van der Waals surface area contributed by atoms with Gasteiger partial charge in [-0.3, -0.25) is 0 Å². The molecule has 6 heteroatoms. The standard InChI is InChI=1S/C20H20FNO4/c1-2-18(26-20(23)16-11-7-4-8-12-16)19(17(21)13-22-24)25-14-15-9-5-3-6-10-15/h2-13,17-19,24H,1,14H2/t17-,18+,19+/m0/s1. The van der Waals surface area contributed by atoms with E-state index in [4.69, 9.17) is 14.7 Å². The largest absolute Gasteiger partial charge is 0.452 e. The molecule has 1 N–H and O–H groups in total. The van der Waals surface area contributed by atoms with Crippen LogP contribution in [0.1, 0.15) is 15.9 Å². The number of halogens is 1. The molecule has 0 aliphatic rings. The molecule has 0 aromatic heterocycles. The van der Waals surface area contributed by atoms with Gasteiger partial charge in [0.25, 0.3) is 0 Å². The highest BCUT2D eigenvalue weighted by Crippen LogP contribution is 2.17. The first-order valence-corrected chi connectivity index (χ1v) is 8.01. The molecule has 0 unspecified atom stereocenters. The number of carbonyl (C=O) groups is 1. The number of esters is 1. The van der Waals surface area contributed by atoms with Crippen molar-refractivity contribution >= 4 is 12.2 Å². The van der Waals surface area contributed by atoms with Crippen LogP contribution in [-0.4, -0.2) is 35.8 Å². The Balaban J connectivity index is 2.12. The Morgan fingerprint density at radius 1 is 1.15 bits per heavy atom. The molecule has 0 saturated carbocycles. The molecule has 3 atom stereocenters. The van der Waals surface area contributed by atoms with E-state index in [9.17, 15) is 9.18 Å². The van der Waals surface area contributed by atoms with Crippen molar-refractivity contribution in [2.75, 3.05) is 0 Å². The van der Waals surface area contributed by atoms with Crippen LogP contribution >= 0.6 is 0 Å². The lowest BCUT2D eigenvalue weighted by Gasteiger charge is -2.26. The molecule has 0 aliphatic carbocycles. The number of benzene rings is 2. The van der Waals surface area contributed by atoms with Crippen molar-refractivity contribution in [3.63, 3.8) is 0 Å². The number of rotatable bonds is 9. The Kier molecular flexibility index (Phi) is 7.51. The van der Waals surface area contributed by atoms with Gasteiger partial charge < -0.3 is 14.7 Å². The molecule has 0 amide bonds. The van der Waals surface area contributed by atoms with Gasteiger partial charge >= 0.3 is 5.97 Å². The minimum atomic E-state index is -1.80. The number of hydrogen-bond acceptors (Lipinski definition) is 5. The van der Waals surface area contributed by atoms with E-state index in [1.807, 2.05) is 30.3 Å². The van der Waals surface area contributed by atoms with Crippen molar-refractivity contribution in [3.05, 3.63) is 84.4 Å².